The molecular formula is C56H47N5O. The molecule has 0 radical (unpaired) electrons. The molecule has 0 spiro atoms. The quantitative estimate of drug-likeness (QED) is 0.160. The zero-order valence-corrected chi connectivity index (χ0v) is 35.7. The highest BCUT2D eigenvalue weighted by Crippen LogP contribution is 2.54. The van der Waals surface area contributed by atoms with E-state index < -0.39 is 0 Å². The van der Waals surface area contributed by atoms with Gasteiger partial charge in [0.25, 0.3) is 0 Å². The summed E-state index contributed by atoms with van der Waals surface area (Å²) in [6, 6.07) is 64.6. The van der Waals surface area contributed by atoms with Crippen LogP contribution in [0.5, 0.6) is 11.5 Å². The highest BCUT2D eigenvalue weighted by atomic mass is 16.5. The van der Waals surface area contributed by atoms with E-state index in [0.717, 1.165) is 56.7 Å². The zero-order chi connectivity index (χ0) is 42.1. The summed E-state index contributed by atoms with van der Waals surface area (Å²) in [5.74, 6) is 2.37. The summed E-state index contributed by atoms with van der Waals surface area (Å²) in [5.41, 5.74) is 18.3. The maximum Gasteiger partial charge on any atom is 0.145 e. The van der Waals surface area contributed by atoms with E-state index in [9.17, 15) is 0 Å². The van der Waals surface area contributed by atoms with Gasteiger partial charge in [0, 0.05) is 39.7 Å². The molecule has 0 saturated carbocycles. The van der Waals surface area contributed by atoms with Crippen molar-refractivity contribution in [3.63, 3.8) is 0 Å². The minimum Gasteiger partial charge on any atom is -0.457 e. The number of fused-ring (bicyclic) bond motifs is 4. The highest BCUT2D eigenvalue weighted by Gasteiger charge is 2.39. The number of rotatable bonds is 7. The zero-order valence-electron chi connectivity index (χ0n) is 35.7. The van der Waals surface area contributed by atoms with Gasteiger partial charge in [-0.2, -0.15) is 0 Å². The fourth-order valence-corrected chi connectivity index (χ4v) is 10.1. The summed E-state index contributed by atoms with van der Waals surface area (Å²) < 4.78 is 9.10. The van der Waals surface area contributed by atoms with E-state index in [2.05, 4.69) is 224 Å². The number of para-hydroxylation sites is 6. The Morgan fingerprint density at radius 2 is 1.11 bits per heavy atom. The van der Waals surface area contributed by atoms with Crippen molar-refractivity contribution < 1.29 is 4.74 Å². The van der Waals surface area contributed by atoms with Gasteiger partial charge in [-0.3, -0.25) is 4.57 Å². The fraction of sp³-hybridized carbons (Fsp3) is 0.125. The lowest BCUT2D eigenvalue weighted by atomic mass is 9.72. The summed E-state index contributed by atoms with van der Waals surface area (Å²) in [5, 5.41) is 0. The first kappa shape index (κ1) is 37.4. The molecule has 6 nitrogen and oxygen atoms in total. The van der Waals surface area contributed by atoms with Crippen LogP contribution in [0, 0.1) is 20.8 Å². The van der Waals surface area contributed by atoms with Gasteiger partial charge in [0.15, 0.2) is 0 Å². The minimum atomic E-state index is -0.322. The third kappa shape index (κ3) is 6.05. The standard InChI is InChI=1S/C56H47N5O/c1-37-32-38(2)54(39(3)33-37)59-36-58(49-28-13-14-29-50(49)59)42-21-16-23-44(35-42)62-43-22-15-18-40(34-43)55-57-46-25-10-12-27-48(46)61(55)52-31-17-30-51-53(52)56(4,5)45-24-9-11-26-47(45)60(51)41-19-7-6-8-20-41/h6-35H,36H2,1-5H3. The molecule has 9 aromatic rings. The number of anilines is 7. The summed E-state index contributed by atoms with van der Waals surface area (Å²) >= 11 is 0. The van der Waals surface area contributed by atoms with E-state index in [-0.39, 0.29) is 5.41 Å². The van der Waals surface area contributed by atoms with Gasteiger partial charge in [-0.1, -0.05) is 116 Å². The summed E-state index contributed by atoms with van der Waals surface area (Å²) in [6.45, 7) is 12.0. The Morgan fingerprint density at radius 1 is 0.516 bits per heavy atom. The van der Waals surface area contributed by atoms with Crippen molar-refractivity contribution >= 4 is 50.8 Å². The number of benzene rings is 8. The molecule has 1 aromatic heterocycles. The molecular weight excluding hydrogens is 759 g/mol. The van der Waals surface area contributed by atoms with Crippen LogP contribution in [0.3, 0.4) is 0 Å². The molecule has 0 bridgehead atoms. The summed E-state index contributed by atoms with van der Waals surface area (Å²) in [4.78, 5) is 12.6. The molecule has 6 heteroatoms. The highest BCUT2D eigenvalue weighted by molar-refractivity contribution is 5.91. The van der Waals surface area contributed by atoms with Crippen LogP contribution >= 0.6 is 0 Å². The monoisotopic (exact) mass is 805 g/mol. The number of hydrogen-bond donors (Lipinski definition) is 0. The lowest BCUT2D eigenvalue weighted by Crippen LogP contribution is -2.32. The number of ether oxygens (including phenoxy) is 1. The van der Waals surface area contributed by atoms with Crippen molar-refractivity contribution in [1.29, 1.82) is 0 Å². The maximum absolute atomic E-state index is 6.75. The first-order valence-electron chi connectivity index (χ1n) is 21.4. The minimum absolute atomic E-state index is 0.322. The molecule has 3 heterocycles. The fourth-order valence-electron chi connectivity index (χ4n) is 10.1. The van der Waals surface area contributed by atoms with Crippen LogP contribution < -0.4 is 19.4 Å². The molecule has 2 aliphatic rings. The van der Waals surface area contributed by atoms with E-state index in [1.54, 1.807) is 0 Å². The molecule has 0 fully saturated rings. The molecule has 0 atom stereocenters. The molecule has 0 aliphatic carbocycles. The molecule has 62 heavy (non-hydrogen) atoms. The van der Waals surface area contributed by atoms with Crippen molar-refractivity contribution in [3.8, 4) is 28.6 Å². The van der Waals surface area contributed by atoms with E-state index in [0.29, 0.717) is 6.67 Å². The van der Waals surface area contributed by atoms with Crippen LogP contribution in [0.4, 0.5) is 39.8 Å². The third-order valence-electron chi connectivity index (χ3n) is 12.6. The van der Waals surface area contributed by atoms with Crippen LogP contribution in [-0.4, -0.2) is 16.2 Å². The van der Waals surface area contributed by atoms with Crippen LogP contribution in [0.25, 0.3) is 28.1 Å². The second kappa shape index (κ2) is 14.6. The smallest absolute Gasteiger partial charge is 0.145 e. The number of aromatic nitrogens is 2. The van der Waals surface area contributed by atoms with E-state index in [1.807, 2.05) is 12.1 Å². The maximum atomic E-state index is 6.75. The molecule has 0 amide bonds. The average Bonchev–Trinajstić information content (AvgIpc) is 3.86. The van der Waals surface area contributed by atoms with Gasteiger partial charge < -0.3 is 19.4 Å². The van der Waals surface area contributed by atoms with Crippen LogP contribution in [0.2, 0.25) is 0 Å². The van der Waals surface area contributed by atoms with Crippen LogP contribution in [0.1, 0.15) is 41.7 Å². The van der Waals surface area contributed by atoms with E-state index in [1.165, 1.54) is 50.6 Å². The molecule has 2 aliphatic heterocycles. The normalized spacial score (nSPS) is 13.9. The Labute approximate surface area is 363 Å². The summed E-state index contributed by atoms with van der Waals surface area (Å²) in [7, 11) is 0. The molecule has 0 saturated heterocycles. The van der Waals surface area contributed by atoms with E-state index in [4.69, 9.17) is 9.72 Å². The van der Waals surface area contributed by atoms with Crippen LogP contribution in [0.15, 0.2) is 182 Å². The third-order valence-corrected chi connectivity index (χ3v) is 12.6. The second-order valence-corrected chi connectivity index (χ2v) is 17.1. The Kier molecular flexibility index (Phi) is 8.79. The number of imidazole rings is 1. The Balaban J connectivity index is 0.981. The number of hydrogen-bond acceptors (Lipinski definition) is 5. The van der Waals surface area contributed by atoms with Gasteiger partial charge in [0.2, 0.25) is 0 Å². The molecule has 302 valence electrons. The molecule has 11 rings (SSSR count). The Hall–Kier alpha value is -7.57. The lowest BCUT2D eigenvalue weighted by molar-refractivity contribution is 0.483. The van der Waals surface area contributed by atoms with Crippen molar-refractivity contribution in [2.45, 2.75) is 40.0 Å². The van der Waals surface area contributed by atoms with Gasteiger partial charge in [-0.25, -0.2) is 4.98 Å². The van der Waals surface area contributed by atoms with Gasteiger partial charge in [0.05, 0.1) is 39.5 Å². The van der Waals surface area contributed by atoms with Crippen molar-refractivity contribution in [1.82, 2.24) is 9.55 Å². The number of aryl methyl sites for hydroxylation is 3. The largest absolute Gasteiger partial charge is 0.457 e. The Morgan fingerprint density at radius 3 is 1.90 bits per heavy atom. The lowest BCUT2D eigenvalue weighted by Gasteiger charge is -2.43. The predicted octanol–water partition coefficient (Wildman–Crippen LogP) is 14.8. The average molecular weight is 806 g/mol. The topological polar surface area (TPSA) is 36.8 Å². The van der Waals surface area contributed by atoms with Crippen LogP contribution in [-0.2, 0) is 5.41 Å². The van der Waals surface area contributed by atoms with Gasteiger partial charge in [-0.05, 0) is 116 Å². The Bertz CT molecular complexity index is 3160. The first-order valence-corrected chi connectivity index (χ1v) is 21.4. The number of nitrogens with zero attached hydrogens (tertiary/aromatic N) is 5. The molecule has 0 N–H and O–H groups in total. The van der Waals surface area contributed by atoms with Gasteiger partial charge >= 0.3 is 0 Å². The predicted molar refractivity (Wildman–Crippen MR) is 256 cm³/mol. The van der Waals surface area contributed by atoms with Gasteiger partial charge in [-0.15, -0.1) is 0 Å². The first-order chi connectivity index (χ1) is 30.2. The molecule has 8 aromatic carbocycles. The van der Waals surface area contributed by atoms with E-state index >= 15 is 0 Å². The van der Waals surface area contributed by atoms with Crippen molar-refractivity contribution in [3.05, 3.63) is 210 Å². The SMILES string of the molecule is Cc1cc(C)c(N2CN(c3cccc(Oc4cccc(-c5nc6ccccc6n5-c5cccc6c5C(C)(C)c5ccccc5N6c5ccccc5)c4)c3)c3ccccc32)c(C)c1. The van der Waals surface area contributed by atoms with Crippen molar-refractivity contribution in [2.24, 2.45) is 0 Å². The van der Waals surface area contributed by atoms with Crippen molar-refractivity contribution in [2.75, 3.05) is 21.4 Å². The second-order valence-electron chi connectivity index (χ2n) is 17.1. The summed E-state index contributed by atoms with van der Waals surface area (Å²) in [6.07, 6.45) is 0. The van der Waals surface area contributed by atoms with Gasteiger partial charge in [0.1, 0.15) is 24.0 Å². The molecule has 0 unspecified atom stereocenters.